The van der Waals surface area contributed by atoms with E-state index in [9.17, 15) is 0 Å². The van der Waals surface area contributed by atoms with Crippen molar-refractivity contribution in [1.82, 2.24) is 0 Å². The summed E-state index contributed by atoms with van der Waals surface area (Å²) in [7, 11) is 0. The molecule has 0 radical (unpaired) electrons. The van der Waals surface area contributed by atoms with Crippen LogP contribution in [0, 0.1) is 6.92 Å². The molecule has 2 rings (SSSR count). The average Bonchev–Trinajstić information content (AvgIpc) is 2.41. The quantitative estimate of drug-likeness (QED) is 0.887. The van der Waals surface area contributed by atoms with Crippen molar-refractivity contribution in [2.45, 2.75) is 32.9 Å². The summed E-state index contributed by atoms with van der Waals surface area (Å²) in [4.78, 5) is 0. The Kier molecular flexibility index (Phi) is 4.84. The van der Waals surface area contributed by atoms with Crippen LogP contribution in [0.25, 0.3) is 0 Å². The number of halogens is 1. The third-order valence-electron chi connectivity index (χ3n) is 3.10. The molecule has 0 saturated carbocycles. The number of aryl methyl sites for hydroxylation is 1. The van der Waals surface area contributed by atoms with Crippen molar-refractivity contribution in [2.75, 3.05) is 0 Å². The zero-order valence-electron chi connectivity index (χ0n) is 12.1. The monoisotopic (exact) mass is 333 g/mol. The summed E-state index contributed by atoms with van der Waals surface area (Å²) in [5.74, 6) is 0.874. The minimum absolute atomic E-state index is 0.141. The van der Waals surface area contributed by atoms with Gasteiger partial charge in [-0.15, -0.1) is 0 Å². The van der Waals surface area contributed by atoms with Crippen molar-refractivity contribution in [3.05, 3.63) is 63.6 Å². The maximum Gasteiger partial charge on any atom is 0.119 e. The molecule has 20 heavy (non-hydrogen) atoms. The molecule has 0 aromatic heterocycles. The van der Waals surface area contributed by atoms with E-state index in [1.54, 1.807) is 0 Å². The van der Waals surface area contributed by atoms with Crippen LogP contribution in [0.3, 0.4) is 0 Å². The van der Waals surface area contributed by atoms with Crippen LogP contribution in [0.2, 0.25) is 0 Å². The second kappa shape index (κ2) is 6.42. The van der Waals surface area contributed by atoms with Gasteiger partial charge in [-0.05, 0) is 50.1 Å². The van der Waals surface area contributed by atoms with Gasteiger partial charge in [0.05, 0.1) is 12.1 Å². The molecule has 2 aromatic rings. The van der Waals surface area contributed by atoms with Gasteiger partial charge >= 0.3 is 0 Å². The molecule has 0 spiro atoms. The van der Waals surface area contributed by atoms with Crippen LogP contribution >= 0.6 is 15.9 Å². The summed E-state index contributed by atoms with van der Waals surface area (Å²) in [5.41, 5.74) is 9.75. The summed E-state index contributed by atoms with van der Waals surface area (Å²) < 4.78 is 6.69. The zero-order chi connectivity index (χ0) is 14.7. The SMILES string of the molecule is Cc1ccc(Br)c(C(N)c2ccc(OC(C)C)cc2)c1. The number of rotatable bonds is 4. The van der Waals surface area contributed by atoms with Crippen LogP contribution in [-0.2, 0) is 0 Å². The van der Waals surface area contributed by atoms with E-state index >= 15 is 0 Å². The molecule has 0 aliphatic carbocycles. The van der Waals surface area contributed by atoms with Crippen LogP contribution in [0.5, 0.6) is 5.75 Å². The van der Waals surface area contributed by atoms with Gasteiger partial charge in [-0.3, -0.25) is 0 Å². The molecule has 0 heterocycles. The first-order valence-electron chi connectivity index (χ1n) is 6.75. The fourth-order valence-electron chi connectivity index (χ4n) is 2.11. The van der Waals surface area contributed by atoms with Crippen molar-refractivity contribution in [3.63, 3.8) is 0 Å². The van der Waals surface area contributed by atoms with E-state index in [4.69, 9.17) is 10.5 Å². The van der Waals surface area contributed by atoms with Crippen LogP contribution in [0.15, 0.2) is 46.9 Å². The minimum Gasteiger partial charge on any atom is -0.491 e. The van der Waals surface area contributed by atoms with Crippen molar-refractivity contribution >= 4 is 15.9 Å². The van der Waals surface area contributed by atoms with Crippen LogP contribution in [-0.4, -0.2) is 6.10 Å². The highest BCUT2D eigenvalue weighted by atomic mass is 79.9. The third-order valence-corrected chi connectivity index (χ3v) is 3.82. The van der Waals surface area contributed by atoms with E-state index in [0.717, 1.165) is 21.3 Å². The maximum absolute atomic E-state index is 6.37. The van der Waals surface area contributed by atoms with E-state index in [0.29, 0.717) is 0 Å². The molecule has 106 valence electrons. The Morgan fingerprint density at radius 3 is 2.30 bits per heavy atom. The average molecular weight is 334 g/mol. The maximum atomic E-state index is 6.37. The van der Waals surface area contributed by atoms with E-state index in [1.165, 1.54) is 5.56 Å². The highest BCUT2D eigenvalue weighted by molar-refractivity contribution is 9.10. The predicted molar refractivity (Wildman–Crippen MR) is 87.1 cm³/mol. The summed E-state index contributed by atoms with van der Waals surface area (Å²) in [6.45, 7) is 6.11. The number of hydrogen-bond donors (Lipinski definition) is 1. The zero-order valence-corrected chi connectivity index (χ0v) is 13.6. The Balaban J connectivity index is 2.24. The van der Waals surface area contributed by atoms with Gasteiger partial charge in [0, 0.05) is 4.47 Å². The molecule has 3 heteroatoms. The first kappa shape index (κ1) is 15.1. The highest BCUT2D eigenvalue weighted by Crippen LogP contribution is 2.28. The molecule has 2 nitrogen and oxygen atoms in total. The Labute approximate surface area is 129 Å². The normalized spacial score (nSPS) is 12.5. The molecule has 1 atom stereocenters. The summed E-state index contributed by atoms with van der Waals surface area (Å²) >= 11 is 3.57. The standard InChI is InChI=1S/C17H20BrNO/c1-11(2)20-14-7-5-13(6-8-14)17(19)15-10-12(3)4-9-16(15)18/h4-11,17H,19H2,1-3H3. The van der Waals surface area contributed by atoms with Gasteiger partial charge in [0.25, 0.3) is 0 Å². The van der Waals surface area contributed by atoms with Crippen LogP contribution < -0.4 is 10.5 Å². The number of ether oxygens (including phenoxy) is 1. The van der Waals surface area contributed by atoms with E-state index in [1.807, 2.05) is 44.2 Å². The first-order valence-corrected chi connectivity index (χ1v) is 7.55. The molecule has 0 aliphatic rings. The van der Waals surface area contributed by atoms with Gasteiger partial charge in [-0.2, -0.15) is 0 Å². The van der Waals surface area contributed by atoms with E-state index in [-0.39, 0.29) is 12.1 Å². The molecule has 2 aromatic carbocycles. The topological polar surface area (TPSA) is 35.2 Å². The Hall–Kier alpha value is -1.32. The third kappa shape index (κ3) is 3.62. The Bertz CT molecular complexity index is 578. The Morgan fingerprint density at radius 2 is 1.70 bits per heavy atom. The smallest absolute Gasteiger partial charge is 0.119 e. The van der Waals surface area contributed by atoms with E-state index < -0.39 is 0 Å². The fraction of sp³-hybridized carbons (Fsp3) is 0.294. The molecule has 0 bridgehead atoms. The van der Waals surface area contributed by atoms with Gasteiger partial charge in [0.15, 0.2) is 0 Å². The number of hydrogen-bond acceptors (Lipinski definition) is 2. The molecule has 0 amide bonds. The second-order valence-corrected chi connectivity index (χ2v) is 6.09. The van der Waals surface area contributed by atoms with Crippen molar-refractivity contribution in [3.8, 4) is 5.75 Å². The lowest BCUT2D eigenvalue weighted by atomic mass is 9.98. The molecule has 0 aliphatic heterocycles. The van der Waals surface area contributed by atoms with Crippen molar-refractivity contribution in [1.29, 1.82) is 0 Å². The summed E-state index contributed by atoms with van der Waals surface area (Å²) in [6.07, 6.45) is 0.181. The fourth-order valence-corrected chi connectivity index (χ4v) is 2.60. The lowest BCUT2D eigenvalue weighted by Crippen LogP contribution is -2.13. The minimum atomic E-state index is -0.141. The first-order chi connectivity index (χ1) is 9.47. The largest absolute Gasteiger partial charge is 0.491 e. The number of benzene rings is 2. The lowest BCUT2D eigenvalue weighted by molar-refractivity contribution is 0.242. The van der Waals surface area contributed by atoms with Gasteiger partial charge in [0.1, 0.15) is 5.75 Å². The van der Waals surface area contributed by atoms with Gasteiger partial charge < -0.3 is 10.5 Å². The Morgan fingerprint density at radius 1 is 1.05 bits per heavy atom. The van der Waals surface area contributed by atoms with E-state index in [2.05, 4.69) is 35.0 Å². The molecular formula is C17H20BrNO. The summed E-state index contributed by atoms with van der Waals surface area (Å²) in [6, 6.07) is 14.1. The highest BCUT2D eigenvalue weighted by Gasteiger charge is 2.12. The molecule has 1 unspecified atom stereocenters. The predicted octanol–water partition coefficient (Wildman–Crippen LogP) is 4.59. The van der Waals surface area contributed by atoms with Crippen molar-refractivity contribution < 1.29 is 4.74 Å². The molecule has 2 N–H and O–H groups in total. The molecule has 0 fully saturated rings. The lowest BCUT2D eigenvalue weighted by Gasteiger charge is -2.16. The number of nitrogens with two attached hydrogens (primary N) is 1. The van der Waals surface area contributed by atoms with Crippen LogP contribution in [0.4, 0.5) is 0 Å². The molecular weight excluding hydrogens is 314 g/mol. The second-order valence-electron chi connectivity index (χ2n) is 5.24. The molecule has 0 saturated heterocycles. The van der Waals surface area contributed by atoms with Gasteiger partial charge in [-0.1, -0.05) is 45.8 Å². The van der Waals surface area contributed by atoms with Gasteiger partial charge in [-0.25, -0.2) is 0 Å². The van der Waals surface area contributed by atoms with Crippen LogP contribution in [0.1, 0.15) is 36.6 Å². The summed E-state index contributed by atoms with van der Waals surface area (Å²) in [5, 5.41) is 0. The van der Waals surface area contributed by atoms with Gasteiger partial charge in [0.2, 0.25) is 0 Å². The van der Waals surface area contributed by atoms with Crippen molar-refractivity contribution in [2.24, 2.45) is 5.73 Å².